The molecule has 1 fully saturated rings. The first-order valence-corrected chi connectivity index (χ1v) is 7.96. The fourth-order valence-corrected chi connectivity index (χ4v) is 2.84. The second-order valence-corrected chi connectivity index (χ2v) is 5.71. The number of para-hydroxylation sites is 1. The van der Waals surface area contributed by atoms with Crippen molar-refractivity contribution in [2.75, 3.05) is 36.4 Å². The summed E-state index contributed by atoms with van der Waals surface area (Å²) < 4.78 is 0. The molecule has 1 aromatic carbocycles. The summed E-state index contributed by atoms with van der Waals surface area (Å²) >= 11 is 0. The van der Waals surface area contributed by atoms with Crippen molar-refractivity contribution in [2.24, 2.45) is 0 Å². The van der Waals surface area contributed by atoms with Crippen LogP contribution in [0, 0.1) is 0 Å². The molecule has 1 aliphatic rings. The van der Waals surface area contributed by atoms with Crippen LogP contribution in [0.3, 0.4) is 0 Å². The van der Waals surface area contributed by atoms with Crippen molar-refractivity contribution in [1.29, 1.82) is 0 Å². The summed E-state index contributed by atoms with van der Waals surface area (Å²) in [5.41, 5.74) is 2.18. The van der Waals surface area contributed by atoms with Gasteiger partial charge < -0.3 is 15.1 Å². The molecule has 0 spiro atoms. The molecule has 2 aromatic rings. The molecule has 0 saturated carbocycles. The molecule has 1 N–H and O–H groups in total. The van der Waals surface area contributed by atoms with Crippen molar-refractivity contribution in [3.05, 3.63) is 54.4 Å². The minimum absolute atomic E-state index is 0.0947. The third-order valence-corrected chi connectivity index (χ3v) is 4.13. The molecule has 1 aliphatic heterocycles. The average molecular weight is 324 g/mol. The summed E-state index contributed by atoms with van der Waals surface area (Å²) in [4.78, 5) is 32.1. The van der Waals surface area contributed by atoms with Gasteiger partial charge in [0.2, 0.25) is 5.91 Å². The van der Waals surface area contributed by atoms with Crippen molar-refractivity contribution >= 4 is 23.2 Å². The van der Waals surface area contributed by atoms with Gasteiger partial charge in [-0.1, -0.05) is 12.1 Å². The summed E-state index contributed by atoms with van der Waals surface area (Å²) in [5, 5.41) is 2.87. The van der Waals surface area contributed by atoms with Crippen LogP contribution in [0.4, 0.5) is 11.4 Å². The highest BCUT2D eigenvalue weighted by atomic mass is 16.2. The molecular formula is C18H20N4O2. The lowest BCUT2D eigenvalue weighted by molar-refractivity contribution is -0.129. The van der Waals surface area contributed by atoms with Gasteiger partial charge in [-0.25, -0.2) is 0 Å². The standard InChI is InChI=1S/C18H20N4O2/c1-14(23)21-9-11-22(12-10-21)17-7-3-2-6-16(17)18(24)20-15-5-4-8-19-13-15/h2-8,13H,9-12H2,1H3,(H,20,24). The van der Waals surface area contributed by atoms with Gasteiger partial charge in [-0.05, 0) is 24.3 Å². The maximum absolute atomic E-state index is 12.6. The number of carbonyl (C=O) groups is 2. The second kappa shape index (κ2) is 7.12. The Hall–Kier alpha value is -2.89. The van der Waals surface area contributed by atoms with Gasteiger partial charge in [0.05, 0.1) is 17.4 Å². The van der Waals surface area contributed by atoms with Crippen molar-refractivity contribution in [3.8, 4) is 0 Å². The lowest BCUT2D eigenvalue weighted by Crippen LogP contribution is -2.48. The highest BCUT2D eigenvalue weighted by Crippen LogP contribution is 2.23. The highest BCUT2D eigenvalue weighted by Gasteiger charge is 2.22. The van der Waals surface area contributed by atoms with Gasteiger partial charge in [0, 0.05) is 45.0 Å². The predicted octanol–water partition coefficient (Wildman–Crippen LogP) is 2.00. The number of rotatable bonds is 3. The van der Waals surface area contributed by atoms with E-state index in [0.717, 1.165) is 18.8 Å². The topological polar surface area (TPSA) is 65.5 Å². The Morgan fingerprint density at radius 2 is 1.79 bits per heavy atom. The molecule has 0 aliphatic carbocycles. The molecule has 1 aromatic heterocycles. The SMILES string of the molecule is CC(=O)N1CCN(c2ccccc2C(=O)Nc2cccnc2)CC1. The molecule has 2 amide bonds. The zero-order valence-corrected chi connectivity index (χ0v) is 13.6. The number of aromatic nitrogens is 1. The van der Waals surface area contributed by atoms with Crippen LogP contribution < -0.4 is 10.2 Å². The lowest BCUT2D eigenvalue weighted by atomic mass is 10.1. The van der Waals surface area contributed by atoms with Crippen molar-refractivity contribution in [1.82, 2.24) is 9.88 Å². The number of anilines is 2. The van der Waals surface area contributed by atoms with Crippen LogP contribution in [0.5, 0.6) is 0 Å². The van der Waals surface area contributed by atoms with E-state index in [9.17, 15) is 9.59 Å². The Balaban J connectivity index is 1.76. The van der Waals surface area contributed by atoms with Crippen LogP contribution in [0.1, 0.15) is 17.3 Å². The van der Waals surface area contributed by atoms with Gasteiger partial charge in [0.15, 0.2) is 0 Å². The summed E-state index contributed by atoms with van der Waals surface area (Å²) in [7, 11) is 0. The molecule has 6 heteroatoms. The van der Waals surface area contributed by atoms with Crippen molar-refractivity contribution < 1.29 is 9.59 Å². The van der Waals surface area contributed by atoms with E-state index in [1.54, 1.807) is 31.5 Å². The number of piperazine rings is 1. The highest BCUT2D eigenvalue weighted by molar-refractivity contribution is 6.08. The van der Waals surface area contributed by atoms with Gasteiger partial charge in [-0.3, -0.25) is 14.6 Å². The van der Waals surface area contributed by atoms with Gasteiger partial charge >= 0.3 is 0 Å². The molecule has 3 rings (SSSR count). The first-order valence-electron chi connectivity index (χ1n) is 7.96. The van der Waals surface area contributed by atoms with Gasteiger partial charge in [-0.15, -0.1) is 0 Å². The van der Waals surface area contributed by atoms with E-state index in [-0.39, 0.29) is 11.8 Å². The number of pyridine rings is 1. The van der Waals surface area contributed by atoms with Crippen LogP contribution >= 0.6 is 0 Å². The van der Waals surface area contributed by atoms with Crippen LogP contribution in [0.2, 0.25) is 0 Å². The van der Waals surface area contributed by atoms with Crippen LogP contribution in [0.15, 0.2) is 48.8 Å². The van der Waals surface area contributed by atoms with E-state index < -0.39 is 0 Å². The minimum Gasteiger partial charge on any atom is -0.367 e. The summed E-state index contributed by atoms with van der Waals surface area (Å²) in [6.45, 7) is 4.38. The third kappa shape index (κ3) is 3.53. The Bertz CT molecular complexity index is 725. The molecular weight excluding hydrogens is 304 g/mol. The first-order chi connectivity index (χ1) is 11.6. The number of nitrogens with one attached hydrogen (secondary N) is 1. The van der Waals surface area contributed by atoms with Crippen LogP contribution in [0.25, 0.3) is 0 Å². The molecule has 0 atom stereocenters. The van der Waals surface area contributed by atoms with Crippen molar-refractivity contribution in [2.45, 2.75) is 6.92 Å². The third-order valence-electron chi connectivity index (χ3n) is 4.13. The second-order valence-electron chi connectivity index (χ2n) is 5.71. The number of carbonyl (C=O) groups excluding carboxylic acids is 2. The average Bonchev–Trinajstić information content (AvgIpc) is 2.62. The quantitative estimate of drug-likeness (QED) is 0.938. The molecule has 24 heavy (non-hydrogen) atoms. The molecule has 124 valence electrons. The number of hydrogen-bond donors (Lipinski definition) is 1. The van der Waals surface area contributed by atoms with Crippen LogP contribution in [-0.2, 0) is 4.79 Å². The molecule has 6 nitrogen and oxygen atoms in total. The minimum atomic E-state index is -0.160. The Labute approximate surface area is 141 Å². The van der Waals surface area contributed by atoms with Crippen molar-refractivity contribution in [3.63, 3.8) is 0 Å². The van der Waals surface area contributed by atoms with E-state index in [4.69, 9.17) is 0 Å². The first kappa shape index (κ1) is 16.0. The van der Waals surface area contributed by atoms with E-state index >= 15 is 0 Å². The number of benzene rings is 1. The molecule has 2 heterocycles. The van der Waals surface area contributed by atoms with Gasteiger partial charge in [-0.2, -0.15) is 0 Å². The maximum Gasteiger partial charge on any atom is 0.257 e. The van der Waals surface area contributed by atoms with Crippen LogP contribution in [-0.4, -0.2) is 47.9 Å². The fraction of sp³-hybridized carbons (Fsp3) is 0.278. The summed E-state index contributed by atoms with van der Waals surface area (Å²) in [6, 6.07) is 11.1. The summed E-state index contributed by atoms with van der Waals surface area (Å²) in [5.74, 6) is -0.0650. The summed E-state index contributed by atoms with van der Waals surface area (Å²) in [6.07, 6.45) is 3.28. The van der Waals surface area contributed by atoms with E-state index in [1.807, 2.05) is 29.2 Å². The van der Waals surface area contributed by atoms with E-state index in [1.165, 1.54) is 0 Å². The van der Waals surface area contributed by atoms with Gasteiger partial charge in [0.1, 0.15) is 0 Å². The largest absolute Gasteiger partial charge is 0.367 e. The smallest absolute Gasteiger partial charge is 0.257 e. The molecule has 0 unspecified atom stereocenters. The maximum atomic E-state index is 12.6. The number of hydrogen-bond acceptors (Lipinski definition) is 4. The molecule has 1 saturated heterocycles. The lowest BCUT2D eigenvalue weighted by Gasteiger charge is -2.36. The Kier molecular flexibility index (Phi) is 4.74. The fourth-order valence-electron chi connectivity index (χ4n) is 2.84. The monoisotopic (exact) mass is 324 g/mol. The molecule has 0 radical (unpaired) electrons. The predicted molar refractivity (Wildman–Crippen MR) is 93.1 cm³/mol. The number of nitrogens with zero attached hydrogens (tertiary/aromatic N) is 3. The Morgan fingerprint density at radius 1 is 1.04 bits per heavy atom. The zero-order valence-electron chi connectivity index (χ0n) is 13.6. The van der Waals surface area contributed by atoms with E-state index in [2.05, 4.69) is 15.2 Å². The number of amides is 2. The zero-order chi connectivity index (χ0) is 16.9. The van der Waals surface area contributed by atoms with Gasteiger partial charge in [0.25, 0.3) is 5.91 Å². The normalized spacial score (nSPS) is 14.4. The Morgan fingerprint density at radius 3 is 2.46 bits per heavy atom. The molecule has 0 bridgehead atoms. The van der Waals surface area contributed by atoms with E-state index in [0.29, 0.717) is 24.3 Å².